The Morgan fingerprint density at radius 1 is 1.21 bits per heavy atom. The summed E-state index contributed by atoms with van der Waals surface area (Å²) in [6, 6.07) is 0. The van der Waals surface area contributed by atoms with Gasteiger partial charge in [-0.3, -0.25) is 0 Å². The summed E-state index contributed by atoms with van der Waals surface area (Å²) in [6.07, 6.45) is 10.8. The van der Waals surface area contributed by atoms with Crippen LogP contribution in [0.25, 0.3) is 0 Å². The lowest BCUT2D eigenvalue weighted by atomic mass is 9.80. The van der Waals surface area contributed by atoms with Crippen LogP contribution in [0.3, 0.4) is 0 Å². The van der Waals surface area contributed by atoms with Gasteiger partial charge in [-0.2, -0.15) is 0 Å². The number of ether oxygens (including phenoxy) is 2. The topological polar surface area (TPSA) is 18.5 Å². The van der Waals surface area contributed by atoms with Crippen LogP contribution in [0.1, 0.15) is 19.3 Å². The summed E-state index contributed by atoms with van der Waals surface area (Å²) in [5, 5.41) is 0. The third-order valence-corrected chi connectivity index (χ3v) is 2.49. The zero-order chi connectivity index (χ0) is 10.3. The van der Waals surface area contributed by atoms with Gasteiger partial charge in [0.1, 0.15) is 0 Å². The molecule has 0 saturated carbocycles. The van der Waals surface area contributed by atoms with E-state index in [4.69, 9.17) is 9.47 Å². The maximum absolute atomic E-state index is 5.27. The highest BCUT2D eigenvalue weighted by molar-refractivity contribution is 5.04. The van der Waals surface area contributed by atoms with Crippen LogP contribution in [0.2, 0.25) is 0 Å². The van der Waals surface area contributed by atoms with Crippen LogP contribution in [0.4, 0.5) is 0 Å². The van der Waals surface area contributed by atoms with Crippen LogP contribution in [0, 0.1) is 5.41 Å². The summed E-state index contributed by atoms with van der Waals surface area (Å²) in [6.45, 7) is 8.38. The highest BCUT2D eigenvalue weighted by atomic mass is 16.5. The summed E-state index contributed by atoms with van der Waals surface area (Å²) >= 11 is 0. The normalized spacial score (nSPS) is 18.6. The number of hydrogen-bond acceptors (Lipinski definition) is 2. The van der Waals surface area contributed by atoms with Crippen molar-refractivity contribution in [2.24, 2.45) is 5.41 Å². The molecule has 0 aromatic rings. The molecule has 0 amide bonds. The molecule has 78 valence electrons. The molecule has 1 aliphatic carbocycles. The van der Waals surface area contributed by atoms with Crippen LogP contribution in [-0.4, -0.2) is 13.2 Å². The SMILES string of the molecule is C=COCC1(COC=C)C=CCCC1. The monoisotopic (exact) mass is 194 g/mol. The zero-order valence-corrected chi connectivity index (χ0v) is 8.58. The average Bonchev–Trinajstić information content (AvgIpc) is 2.25. The molecule has 2 nitrogen and oxygen atoms in total. The molecule has 0 unspecified atom stereocenters. The second kappa shape index (κ2) is 5.53. The molecule has 2 heteroatoms. The maximum atomic E-state index is 5.27. The Kier molecular flexibility index (Phi) is 4.30. The first-order valence-corrected chi connectivity index (χ1v) is 4.96. The molecular formula is C12H18O2. The Hall–Kier alpha value is -1.18. The van der Waals surface area contributed by atoms with Gasteiger partial charge in [-0.1, -0.05) is 25.3 Å². The first-order chi connectivity index (χ1) is 6.83. The van der Waals surface area contributed by atoms with E-state index >= 15 is 0 Å². The predicted molar refractivity (Wildman–Crippen MR) is 57.7 cm³/mol. The van der Waals surface area contributed by atoms with Gasteiger partial charge in [0.25, 0.3) is 0 Å². The quantitative estimate of drug-likeness (QED) is 0.478. The lowest BCUT2D eigenvalue weighted by Gasteiger charge is -2.31. The van der Waals surface area contributed by atoms with Gasteiger partial charge in [0, 0.05) is 0 Å². The highest BCUT2D eigenvalue weighted by Gasteiger charge is 2.29. The van der Waals surface area contributed by atoms with Gasteiger partial charge >= 0.3 is 0 Å². The minimum Gasteiger partial charge on any atom is -0.501 e. The predicted octanol–water partition coefficient (Wildman–Crippen LogP) is 3.03. The second-order valence-corrected chi connectivity index (χ2v) is 3.61. The van der Waals surface area contributed by atoms with Crippen molar-refractivity contribution in [3.8, 4) is 0 Å². The largest absolute Gasteiger partial charge is 0.501 e. The average molecular weight is 194 g/mol. The van der Waals surface area contributed by atoms with Gasteiger partial charge in [-0.15, -0.1) is 0 Å². The van der Waals surface area contributed by atoms with Gasteiger partial charge in [0.05, 0.1) is 31.2 Å². The van der Waals surface area contributed by atoms with E-state index in [1.807, 2.05) is 0 Å². The van der Waals surface area contributed by atoms with Crippen molar-refractivity contribution in [2.45, 2.75) is 19.3 Å². The Morgan fingerprint density at radius 2 is 1.86 bits per heavy atom. The molecule has 1 rings (SSSR count). The lowest BCUT2D eigenvalue weighted by Crippen LogP contribution is -2.30. The van der Waals surface area contributed by atoms with E-state index in [0.29, 0.717) is 13.2 Å². The minimum atomic E-state index is 0.0145. The van der Waals surface area contributed by atoms with Crippen LogP contribution >= 0.6 is 0 Å². The molecule has 0 saturated heterocycles. The van der Waals surface area contributed by atoms with E-state index in [0.717, 1.165) is 12.8 Å². The second-order valence-electron chi connectivity index (χ2n) is 3.61. The van der Waals surface area contributed by atoms with Crippen LogP contribution in [0.5, 0.6) is 0 Å². The van der Waals surface area contributed by atoms with Crippen molar-refractivity contribution in [2.75, 3.05) is 13.2 Å². The van der Waals surface area contributed by atoms with Crippen LogP contribution < -0.4 is 0 Å². The Morgan fingerprint density at radius 3 is 2.29 bits per heavy atom. The van der Waals surface area contributed by atoms with E-state index in [1.165, 1.54) is 18.9 Å². The molecule has 0 N–H and O–H groups in total. The lowest BCUT2D eigenvalue weighted by molar-refractivity contribution is 0.0628. The van der Waals surface area contributed by atoms with Gasteiger partial charge < -0.3 is 9.47 Å². The number of rotatable bonds is 6. The summed E-state index contributed by atoms with van der Waals surface area (Å²) < 4.78 is 10.5. The van der Waals surface area contributed by atoms with E-state index in [1.54, 1.807) is 0 Å². The molecule has 0 aromatic heterocycles. The third-order valence-electron chi connectivity index (χ3n) is 2.49. The maximum Gasteiger partial charge on any atom is 0.0996 e. The molecule has 0 spiro atoms. The van der Waals surface area contributed by atoms with Crippen molar-refractivity contribution in [1.82, 2.24) is 0 Å². The van der Waals surface area contributed by atoms with Gasteiger partial charge in [0.2, 0.25) is 0 Å². The summed E-state index contributed by atoms with van der Waals surface area (Å²) in [7, 11) is 0. The van der Waals surface area contributed by atoms with E-state index in [-0.39, 0.29) is 5.41 Å². The van der Waals surface area contributed by atoms with E-state index in [2.05, 4.69) is 25.3 Å². The molecule has 14 heavy (non-hydrogen) atoms. The van der Waals surface area contributed by atoms with Crippen molar-refractivity contribution in [3.05, 3.63) is 37.8 Å². The molecule has 0 atom stereocenters. The molecule has 0 heterocycles. The molecule has 0 aliphatic heterocycles. The van der Waals surface area contributed by atoms with Crippen LogP contribution in [-0.2, 0) is 9.47 Å². The fourth-order valence-corrected chi connectivity index (χ4v) is 1.72. The molecule has 1 aliphatic rings. The number of allylic oxidation sites excluding steroid dienone is 1. The first-order valence-electron chi connectivity index (χ1n) is 4.96. The summed E-state index contributed by atoms with van der Waals surface area (Å²) in [5.41, 5.74) is 0.0145. The van der Waals surface area contributed by atoms with Crippen LogP contribution in [0.15, 0.2) is 37.8 Å². The Balaban J connectivity index is 2.56. The fourth-order valence-electron chi connectivity index (χ4n) is 1.72. The van der Waals surface area contributed by atoms with Gasteiger partial charge in [-0.25, -0.2) is 0 Å². The van der Waals surface area contributed by atoms with E-state index < -0.39 is 0 Å². The standard InChI is InChI=1S/C12H18O2/c1-3-13-10-12(11-14-4-2)8-6-5-7-9-12/h3-4,6,8H,1-2,5,7,9-11H2. The van der Waals surface area contributed by atoms with Gasteiger partial charge in [0.15, 0.2) is 0 Å². The summed E-state index contributed by atoms with van der Waals surface area (Å²) in [5.74, 6) is 0. The summed E-state index contributed by atoms with van der Waals surface area (Å²) in [4.78, 5) is 0. The van der Waals surface area contributed by atoms with Crippen molar-refractivity contribution < 1.29 is 9.47 Å². The molecular weight excluding hydrogens is 176 g/mol. The first kappa shape index (κ1) is 10.9. The van der Waals surface area contributed by atoms with Gasteiger partial charge in [-0.05, 0) is 19.3 Å². The Labute approximate surface area is 85.9 Å². The molecule has 0 aromatic carbocycles. The smallest absolute Gasteiger partial charge is 0.0996 e. The fraction of sp³-hybridized carbons (Fsp3) is 0.500. The molecule has 0 fully saturated rings. The Bertz CT molecular complexity index is 206. The molecule has 0 radical (unpaired) electrons. The number of hydrogen-bond donors (Lipinski definition) is 0. The third kappa shape index (κ3) is 2.95. The van der Waals surface area contributed by atoms with Crippen molar-refractivity contribution >= 4 is 0 Å². The van der Waals surface area contributed by atoms with Crippen molar-refractivity contribution in [1.29, 1.82) is 0 Å². The zero-order valence-electron chi connectivity index (χ0n) is 8.58. The van der Waals surface area contributed by atoms with Crippen molar-refractivity contribution in [3.63, 3.8) is 0 Å². The minimum absolute atomic E-state index is 0.0145. The van der Waals surface area contributed by atoms with E-state index in [9.17, 15) is 0 Å². The molecule has 0 bridgehead atoms. The highest BCUT2D eigenvalue weighted by Crippen LogP contribution is 2.31.